The van der Waals surface area contributed by atoms with Crippen LogP contribution in [0.2, 0.25) is 0 Å². The van der Waals surface area contributed by atoms with E-state index in [1.54, 1.807) is 11.8 Å². The lowest BCUT2D eigenvalue weighted by Crippen LogP contribution is -2.10. The Kier molecular flexibility index (Phi) is 6.03. The van der Waals surface area contributed by atoms with Crippen molar-refractivity contribution in [3.05, 3.63) is 35.9 Å². The second kappa shape index (κ2) is 7.07. The number of aryl methyl sites for hydroxylation is 1. The summed E-state index contributed by atoms with van der Waals surface area (Å²) >= 11 is 4.64. The maximum Gasteiger partial charge on any atom is 0.210 e. The number of rotatable bonds is 6. The fourth-order valence-electron chi connectivity index (χ4n) is 1.46. The SMILES string of the molecule is CSC(CCCc1ccccc1)C(=O)Br. The highest BCUT2D eigenvalue weighted by molar-refractivity contribution is 9.18. The largest absolute Gasteiger partial charge is 0.285 e. The van der Waals surface area contributed by atoms with Gasteiger partial charge in [-0.15, -0.1) is 0 Å². The molecule has 0 amide bonds. The van der Waals surface area contributed by atoms with Crippen LogP contribution in [0.3, 0.4) is 0 Å². The molecule has 0 heterocycles. The summed E-state index contributed by atoms with van der Waals surface area (Å²) < 4.78 is 0.114. The van der Waals surface area contributed by atoms with Gasteiger partial charge in [0, 0.05) is 0 Å². The number of carbonyl (C=O) groups is 1. The molecule has 0 saturated heterocycles. The highest BCUT2D eigenvalue weighted by Crippen LogP contribution is 2.18. The predicted octanol–water partition coefficient (Wildman–Crippen LogP) is 3.66. The second-order valence-electron chi connectivity index (χ2n) is 3.41. The van der Waals surface area contributed by atoms with E-state index in [0.717, 1.165) is 19.3 Å². The zero-order valence-electron chi connectivity index (χ0n) is 8.78. The van der Waals surface area contributed by atoms with Crippen LogP contribution >= 0.6 is 27.7 Å². The van der Waals surface area contributed by atoms with Gasteiger partial charge >= 0.3 is 0 Å². The van der Waals surface area contributed by atoms with Gasteiger partial charge in [0.15, 0.2) is 0 Å². The van der Waals surface area contributed by atoms with E-state index in [9.17, 15) is 4.79 Å². The van der Waals surface area contributed by atoms with Crippen LogP contribution in [0.4, 0.5) is 0 Å². The van der Waals surface area contributed by atoms with Gasteiger partial charge in [0.25, 0.3) is 0 Å². The molecule has 0 fully saturated rings. The number of benzene rings is 1. The molecule has 3 heteroatoms. The molecule has 0 aliphatic rings. The summed E-state index contributed by atoms with van der Waals surface area (Å²) in [5, 5.41) is 0.105. The average molecular weight is 287 g/mol. The third-order valence-electron chi connectivity index (χ3n) is 2.31. The highest BCUT2D eigenvalue weighted by atomic mass is 79.9. The molecular weight excluding hydrogens is 272 g/mol. The molecule has 0 N–H and O–H groups in total. The van der Waals surface area contributed by atoms with Crippen LogP contribution in [-0.2, 0) is 11.2 Å². The number of hydrogen-bond donors (Lipinski definition) is 0. The number of carbonyl (C=O) groups excluding carboxylic acids is 1. The monoisotopic (exact) mass is 286 g/mol. The average Bonchev–Trinajstić information content (AvgIpc) is 2.25. The van der Waals surface area contributed by atoms with Crippen molar-refractivity contribution in [2.45, 2.75) is 24.5 Å². The van der Waals surface area contributed by atoms with Crippen molar-refractivity contribution < 1.29 is 4.79 Å². The van der Waals surface area contributed by atoms with Gasteiger partial charge in [-0.25, -0.2) is 0 Å². The predicted molar refractivity (Wildman–Crippen MR) is 70.6 cm³/mol. The van der Waals surface area contributed by atoms with Crippen LogP contribution in [-0.4, -0.2) is 16.2 Å². The molecule has 0 aliphatic heterocycles. The zero-order chi connectivity index (χ0) is 11.1. The van der Waals surface area contributed by atoms with Crippen molar-refractivity contribution in [3.63, 3.8) is 0 Å². The van der Waals surface area contributed by atoms with Gasteiger partial charge in [0.05, 0.1) is 5.25 Å². The van der Waals surface area contributed by atoms with E-state index in [0.29, 0.717) is 0 Å². The number of hydrogen-bond acceptors (Lipinski definition) is 2. The lowest BCUT2D eigenvalue weighted by atomic mass is 10.1. The van der Waals surface area contributed by atoms with Crippen molar-refractivity contribution in [3.8, 4) is 0 Å². The second-order valence-corrected chi connectivity index (χ2v) is 5.23. The van der Waals surface area contributed by atoms with Crippen molar-refractivity contribution in [1.82, 2.24) is 0 Å². The van der Waals surface area contributed by atoms with Gasteiger partial charge in [-0.1, -0.05) is 30.3 Å². The van der Waals surface area contributed by atoms with Crippen LogP contribution in [0.5, 0.6) is 0 Å². The molecule has 0 saturated carbocycles. The van der Waals surface area contributed by atoms with E-state index in [2.05, 4.69) is 40.2 Å². The van der Waals surface area contributed by atoms with Crippen molar-refractivity contribution in [1.29, 1.82) is 0 Å². The summed E-state index contributed by atoms with van der Waals surface area (Å²) in [6, 6.07) is 10.4. The number of halogens is 1. The summed E-state index contributed by atoms with van der Waals surface area (Å²) in [5.74, 6) is 0. The molecule has 0 aliphatic carbocycles. The molecular formula is C12H15BrOS. The Hall–Kier alpha value is -0.280. The fraction of sp³-hybridized carbons (Fsp3) is 0.417. The lowest BCUT2D eigenvalue weighted by Gasteiger charge is -2.08. The van der Waals surface area contributed by atoms with Crippen LogP contribution in [0.1, 0.15) is 18.4 Å². The Morgan fingerprint density at radius 3 is 2.60 bits per heavy atom. The highest BCUT2D eigenvalue weighted by Gasteiger charge is 2.13. The molecule has 0 radical (unpaired) electrons. The first kappa shape index (κ1) is 12.8. The molecule has 1 aromatic rings. The maximum atomic E-state index is 11.1. The van der Waals surface area contributed by atoms with Gasteiger partial charge in [0.1, 0.15) is 0 Å². The first-order valence-electron chi connectivity index (χ1n) is 5.00. The van der Waals surface area contributed by atoms with E-state index in [1.807, 2.05) is 12.3 Å². The summed E-state index contributed by atoms with van der Waals surface area (Å²) in [6.07, 6.45) is 5.04. The molecule has 0 aromatic heterocycles. The minimum atomic E-state index is 0.105. The van der Waals surface area contributed by atoms with Crippen LogP contribution in [0, 0.1) is 0 Å². The normalized spacial score (nSPS) is 12.4. The molecule has 1 unspecified atom stereocenters. The summed E-state index contributed by atoms with van der Waals surface area (Å²) in [5.41, 5.74) is 1.35. The summed E-state index contributed by atoms with van der Waals surface area (Å²) in [4.78, 5) is 11.1. The van der Waals surface area contributed by atoms with E-state index < -0.39 is 0 Å². The molecule has 1 aromatic carbocycles. The Morgan fingerprint density at radius 1 is 1.40 bits per heavy atom. The van der Waals surface area contributed by atoms with Crippen molar-refractivity contribution >= 4 is 32.4 Å². The first-order chi connectivity index (χ1) is 7.24. The maximum absolute atomic E-state index is 11.1. The van der Waals surface area contributed by atoms with Gasteiger partial charge in [-0.3, -0.25) is 4.79 Å². The Balaban J connectivity index is 2.30. The summed E-state index contributed by atoms with van der Waals surface area (Å²) in [7, 11) is 0. The van der Waals surface area contributed by atoms with Crippen molar-refractivity contribution in [2.24, 2.45) is 0 Å². The molecule has 1 atom stereocenters. The molecule has 1 nitrogen and oxygen atoms in total. The smallest absolute Gasteiger partial charge is 0.210 e. The Morgan fingerprint density at radius 2 is 2.07 bits per heavy atom. The van der Waals surface area contributed by atoms with Crippen LogP contribution in [0.15, 0.2) is 30.3 Å². The minimum Gasteiger partial charge on any atom is -0.285 e. The molecule has 0 bridgehead atoms. The molecule has 82 valence electrons. The lowest BCUT2D eigenvalue weighted by molar-refractivity contribution is -0.110. The van der Waals surface area contributed by atoms with Gasteiger partial charge in [-0.2, -0.15) is 11.8 Å². The van der Waals surface area contributed by atoms with Gasteiger partial charge < -0.3 is 0 Å². The van der Waals surface area contributed by atoms with E-state index in [-0.39, 0.29) is 9.94 Å². The third-order valence-corrected chi connectivity index (χ3v) is 4.19. The van der Waals surface area contributed by atoms with Gasteiger partial charge in [-0.05, 0) is 47.0 Å². The quantitative estimate of drug-likeness (QED) is 0.743. The van der Waals surface area contributed by atoms with E-state index >= 15 is 0 Å². The zero-order valence-corrected chi connectivity index (χ0v) is 11.2. The van der Waals surface area contributed by atoms with E-state index in [1.165, 1.54) is 5.56 Å². The van der Waals surface area contributed by atoms with Crippen molar-refractivity contribution in [2.75, 3.05) is 6.26 Å². The minimum absolute atomic E-state index is 0.105. The molecule has 15 heavy (non-hydrogen) atoms. The van der Waals surface area contributed by atoms with Crippen LogP contribution < -0.4 is 0 Å². The topological polar surface area (TPSA) is 17.1 Å². The van der Waals surface area contributed by atoms with Crippen LogP contribution in [0.25, 0.3) is 0 Å². The molecule has 0 spiro atoms. The summed E-state index contributed by atoms with van der Waals surface area (Å²) in [6.45, 7) is 0. The number of thioether (sulfide) groups is 1. The third kappa shape index (κ3) is 4.85. The van der Waals surface area contributed by atoms with E-state index in [4.69, 9.17) is 0 Å². The Bertz CT molecular complexity index is 300. The Labute approximate surface area is 104 Å². The molecule has 1 rings (SSSR count). The standard InChI is InChI=1S/C12H15BrOS/c1-15-11(12(13)14)9-5-8-10-6-3-2-4-7-10/h2-4,6-7,11H,5,8-9H2,1H3. The fourth-order valence-corrected chi connectivity index (χ4v) is 2.84. The first-order valence-corrected chi connectivity index (χ1v) is 7.08. The van der Waals surface area contributed by atoms with Gasteiger partial charge in [0.2, 0.25) is 4.69 Å².